The molecule has 2 rings (SSSR count). The molecular weight excluding hydrogens is 322 g/mol. The second kappa shape index (κ2) is 7.57. The number of rotatable bonds is 6. The molecule has 132 valence electrons. The zero-order valence-electron chi connectivity index (χ0n) is 13.5. The third-order valence-electron chi connectivity index (χ3n) is 4.40. The van der Waals surface area contributed by atoms with E-state index in [2.05, 4.69) is 5.32 Å². The minimum absolute atomic E-state index is 0.0350. The molecule has 1 aromatic rings. The van der Waals surface area contributed by atoms with Crippen LogP contribution >= 0.6 is 0 Å². The maximum Gasteiger partial charge on any atom is 0.304 e. The second-order valence-corrected chi connectivity index (χ2v) is 5.80. The van der Waals surface area contributed by atoms with E-state index < -0.39 is 29.1 Å². The van der Waals surface area contributed by atoms with E-state index in [0.717, 1.165) is 12.5 Å². The van der Waals surface area contributed by atoms with E-state index in [9.17, 15) is 18.4 Å². The van der Waals surface area contributed by atoms with Gasteiger partial charge in [0.05, 0.1) is 13.5 Å². The van der Waals surface area contributed by atoms with Crippen LogP contribution in [0.3, 0.4) is 0 Å². The van der Waals surface area contributed by atoms with E-state index in [0.29, 0.717) is 6.42 Å². The Morgan fingerprint density at radius 1 is 1.33 bits per heavy atom. The summed E-state index contributed by atoms with van der Waals surface area (Å²) in [5, 5.41) is 11.4. The molecule has 1 heterocycles. The van der Waals surface area contributed by atoms with E-state index in [1.807, 2.05) is 4.90 Å². The smallest absolute Gasteiger partial charge is 0.304 e. The first-order chi connectivity index (χ1) is 11.3. The molecule has 1 saturated heterocycles. The number of nitrogens with zero attached hydrogens (tertiary/aromatic N) is 1. The number of carboxylic acid groups (broad SMARTS) is 1. The lowest BCUT2D eigenvalue weighted by Gasteiger charge is -2.25. The first-order valence-corrected chi connectivity index (χ1v) is 7.59. The average molecular weight is 342 g/mol. The van der Waals surface area contributed by atoms with Crippen molar-refractivity contribution in [1.82, 2.24) is 10.2 Å². The van der Waals surface area contributed by atoms with Crippen LogP contribution in [0.5, 0.6) is 5.75 Å². The van der Waals surface area contributed by atoms with Crippen LogP contribution in [0.1, 0.15) is 29.6 Å². The number of ether oxygens (including phenoxy) is 1. The Morgan fingerprint density at radius 3 is 2.62 bits per heavy atom. The Kier molecular flexibility index (Phi) is 5.71. The van der Waals surface area contributed by atoms with Gasteiger partial charge in [-0.1, -0.05) is 0 Å². The molecule has 0 saturated carbocycles. The maximum absolute atomic E-state index is 13.9. The van der Waals surface area contributed by atoms with Crippen molar-refractivity contribution in [3.63, 3.8) is 0 Å². The largest absolute Gasteiger partial charge is 0.496 e. The zero-order chi connectivity index (χ0) is 17.9. The summed E-state index contributed by atoms with van der Waals surface area (Å²) in [5.41, 5.74) is -0.472. The number of nitrogens with one attached hydrogen (secondary N) is 1. The fraction of sp³-hybridized carbons (Fsp3) is 0.500. The molecule has 2 atom stereocenters. The van der Waals surface area contributed by atoms with E-state index in [-0.39, 0.29) is 30.8 Å². The average Bonchev–Trinajstić information content (AvgIpc) is 2.87. The van der Waals surface area contributed by atoms with Crippen molar-refractivity contribution in [2.45, 2.75) is 31.3 Å². The van der Waals surface area contributed by atoms with Gasteiger partial charge in [-0.25, -0.2) is 8.78 Å². The van der Waals surface area contributed by atoms with Gasteiger partial charge in [0.1, 0.15) is 11.3 Å². The lowest BCUT2D eigenvalue weighted by molar-refractivity contribution is -0.138. The highest BCUT2D eigenvalue weighted by molar-refractivity contribution is 5.97. The zero-order valence-corrected chi connectivity index (χ0v) is 13.5. The van der Waals surface area contributed by atoms with Gasteiger partial charge >= 0.3 is 5.97 Å². The summed E-state index contributed by atoms with van der Waals surface area (Å²) in [6.07, 6.45) is 1.46. The van der Waals surface area contributed by atoms with Crippen LogP contribution in [-0.2, 0) is 4.79 Å². The number of carbonyl (C=O) groups excluding carboxylic acids is 1. The Bertz CT molecular complexity index is 639. The number of amides is 1. The highest BCUT2D eigenvalue weighted by atomic mass is 19.2. The lowest BCUT2D eigenvalue weighted by atomic mass is 10.1. The van der Waals surface area contributed by atoms with Gasteiger partial charge in [-0.15, -0.1) is 0 Å². The molecule has 6 nitrogen and oxygen atoms in total. The van der Waals surface area contributed by atoms with Crippen LogP contribution in [0, 0.1) is 11.6 Å². The van der Waals surface area contributed by atoms with Crippen LogP contribution in [-0.4, -0.2) is 54.7 Å². The maximum atomic E-state index is 13.9. The highest BCUT2D eigenvalue weighted by Crippen LogP contribution is 2.26. The SMILES string of the molecule is COc1ccc(F)c(F)c1C(=O)NC[C@@H]1CC[C@H](CC(=O)O)N1C. The van der Waals surface area contributed by atoms with E-state index in [4.69, 9.17) is 9.84 Å². The predicted octanol–water partition coefficient (Wildman–Crippen LogP) is 1.64. The van der Waals surface area contributed by atoms with Crippen molar-refractivity contribution in [2.75, 3.05) is 20.7 Å². The summed E-state index contributed by atoms with van der Waals surface area (Å²) in [6.45, 7) is 0.213. The Hall–Kier alpha value is -2.22. The van der Waals surface area contributed by atoms with Crippen LogP contribution < -0.4 is 10.1 Å². The molecular formula is C16H20F2N2O4. The Morgan fingerprint density at radius 2 is 2.00 bits per heavy atom. The van der Waals surface area contributed by atoms with E-state index >= 15 is 0 Å². The molecule has 0 spiro atoms. The second-order valence-electron chi connectivity index (χ2n) is 5.80. The van der Waals surface area contributed by atoms with Gasteiger partial charge in [0.2, 0.25) is 0 Å². The summed E-state index contributed by atoms with van der Waals surface area (Å²) in [5.74, 6) is -4.06. The van der Waals surface area contributed by atoms with Crippen molar-refractivity contribution in [2.24, 2.45) is 0 Å². The summed E-state index contributed by atoms with van der Waals surface area (Å²) in [6, 6.07) is 1.94. The molecule has 1 aromatic carbocycles. The van der Waals surface area contributed by atoms with Gasteiger partial charge in [-0.3, -0.25) is 14.5 Å². The third kappa shape index (κ3) is 3.81. The molecule has 0 unspecified atom stereocenters. The summed E-state index contributed by atoms with van der Waals surface area (Å²) < 4.78 is 32.2. The first kappa shape index (κ1) is 18.1. The van der Waals surface area contributed by atoms with Crippen molar-refractivity contribution >= 4 is 11.9 Å². The van der Waals surface area contributed by atoms with E-state index in [1.165, 1.54) is 13.2 Å². The van der Waals surface area contributed by atoms with Gasteiger partial charge in [-0.2, -0.15) is 0 Å². The predicted molar refractivity (Wildman–Crippen MR) is 82.1 cm³/mol. The molecule has 0 aromatic heterocycles. The number of carbonyl (C=O) groups is 2. The number of hydrogen-bond donors (Lipinski definition) is 2. The van der Waals surface area contributed by atoms with Crippen molar-refractivity contribution in [3.8, 4) is 5.75 Å². The number of likely N-dealkylation sites (tertiary alicyclic amines) is 1. The Labute approximate surface area is 138 Å². The topological polar surface area (TPSA) is 78.9 Å². The van der Waals surface area contributed by atoms with Crippen molar-refractivity contribution < 1.29 is 28.2 Å². The van der Waals surface area contributed by atoms with Crippen LogP contribution in [0.4, 0.5) is 8.78 Å². The molecule has 2 N–H and O–H groups in total. The number of likely N-dealkylation sites (N-methyl/N-ethyl adjacent to an activating group) is 1. The van der Waals surface area contributed by atoms with Crippen LogP contribution in [0.25, 0.3) is 0 Å². The van der Waals surface area contributed by atoms with Crippen LogP contribution in [0.15, 0.2) is 12.1 Å². The molecule has 1 aliphatic heterocycles. The number of aliphatic carboxylic acids is 1. The third-order valence-corrected chi connectivity index (χ3v) is 4.40. The summed E-state index contributed by atoms with van der Waals surface area (Å²) >= 11 is 0. The first-order valence-electron chi connectivity index (χ1n) is 7.59. The number of carboxylic acids is 1. The number of methoxy groups -OCH3 is 1. The molecule has 8 heteroatoms. The molecule has 1 aliphatic rings. The van der Waals surface area contributed by atoms with Crippen LogP contribution in [0.2, 0.25) is 0 Å². The molecule has 24 heavy (non-hydrogen) atoms. The number of halogens is 2. The van der Waals surface area contributed by atoms with Gasteiger partial charge in [-0.05, 0) is 32.0 Å². The Balaban J connectivity index is 2.02. The van der Waals surface area contributed by atoms with Gasteiger partial charge in [0, 0.05) is 18.6 Å². The molecule has 0 radical (unpaired) electrons. The standard InChI is InChI=1S/C16H20F2N2O4/c1-20-9(7-13(21)22)3-4-10(20)8-19-16(23)14-12(24-2)6-5-11(17)15(14)18/h5-6,9-10H,3-4,7-8H2,1-2H3,(H,19,23)(H,21,22)/t9-,10+/m1/s1. The minimum Gasteiger partial charge on any atom is -0.496 e. The molecule has 1 amide bonds. The summed E-state index contributed by atoms with van der Waals surface area (Å²) in [7, 11) is 3.06. The fourth-order valence-electron chi connectivity index (χ4n) is 3.00. The van der Waals surface area contributed by atoms with Crippen molar-refractivity contribution in [3.05, 3.63) is 29.3 Å². The lowest BCUT2D eigenvalue weighted by Crippen LogP contribution is -2.41. The van der Waals surface area contributed by atoms with Gasteiger partial charge < -0.3 is 15.2 Å². The number of hydrogen-bond acceptors (Lipinski definition) is 4. The molecule has 1 fully saturated rings. The number of benzene rings is 1. The monoisotopic (exact) mass is 342 g/mol. The van der Waals surface area contributed by atoms with Gasteiger partial charge in [0.25, 0.3) is 5.91 Å². The molecule has 0 aliphatic carbocycles. The van der Waals surface area contributed by atoms with E-state index in [1.54, 1.807) is 7.05 Å². The normalized spacial score (nSPS) is 20.8. The minimum atomic E-state index is -1.25. The fourth-order valence-corrected chi connectivity index (χ4v) is 3.00. The molecule has 0 bridgehead atoms. The van der Waals surface area contributed by atoms with Gasteiger partial charge in [0.15, 0.2) is 11.6 Å². The quantitative estimate of drug-likeness (QED) is 0.822. The summed E-state index contributed by atoms with van der Waals surface area (Å²) in [4.78, 5) is 24.9. The van der Waals surface area contributed by atoms with Crippen molar-refractivity contribution in [1.29, 1.82) is 0 Å². The highest BCUT2D eigenvalue weighted by Gasteiger charge is 2.32.